The Bertz CT molecular complexity index is 725. The van der Waals surface area contributed by atoms with Gasteiger partial charge in [0.1, 0.15) is 0 Å². The quantitative estimate of drug-likeness (QED) is 0.851. The SMILES string of the molecule is CO[C@@H]1CC[C@@]2(OC)CCN(C(=O)c3cc4ccccc4s3)[C@H]2C1. The molecule has 5 heteroatoms. The van der Waals surface area contributed by atoms with Crippen LogP contribution in [0.15, 0.2) is 30.3 Å². The van der Waals surface area contributed by atoms with Gasteiger partial charge in [0.05, 0.1) is 22.6 Å². The molecule has 1 aromatic carbocycles. The summed E-state index contributed by atoms with van der Waals surface area (Å²) in [6.45, 7) is 0.766. The Morgan fingerprint density at radius 1 is 1.29 bits per heavy atom. The highest BCUT2D eigenvalue weighted by atomic mass is 32.1. The zero-order valence-electron chi connectivity index (χ0n) is 14.2. The van der Waals surface area contributed by atoms with Crippen LogP contribution in [0.5, 0.6) is 0 Å². The molecule has 24 heavy (non-hydrogen) atoms. The van der Waals surface area contributed by atoms with Crippen molar-refractivity contribution in [3.63, 3.8) is 0 Å². The van der Waals surface area contributed by atoms with Gasteiger partial charge >= 0.3 is 0 Å². The molecule has 2 aromatic rings. The lowest BCUT2D eigenvalue weighted by Crippen LogP contribution is -2.53. The van der Waals surface area contributed by atoms with Gasteiger partial charge in [0.15, 0.2) is 0 Å². The normalized spacial score (nSPS) is 29.8. The lowest BCUT2D eigenvalue weighted by molar-refractivity contribution is -0.0893. The number of hydrogen-bond acceptors (Lipinski definition) is 4. The second-order valence-electron chi connectivity index (χ2n) is 6.81. The number of methoxy groups -OCH3 is 2. The van der Waals surface area contributed by atoms with Gasteiger partial charge in [0.2, 0.25) is 0 Å². The van der Waals surface area contributed by atoms with Gasteiger partial charge in [-0.2, -0.15) is 0 Å². The van der Waals surface area contributed by atoms with Crippen molar-refractivity contribution in [2.45, 2.75) is 43.4 Å². The van der Waals surface area contributed by atoms with Crippen LogP contribution in [-0.2, 0) is 9.47 Å². The van der Waals surface area contributed by atoms with E-state index in [1.165, 1.54) is 0 Å². The molecule has 0 bridgehead atoms. The predicted molar refractivity (Wildman–Crippen MR) is 95.7 cm³/mol. The highest BCUT2D eigenvalue weighted by Crippen LogP contribution is 2.44. The number of carbonyl (C=O) groups excluding carboxylic acids is 1. The largest absolute Gasteiger partial charge is 0.381 e. The van der Waals surface area contributed by atoms with Gasteiger partial charge < -0.3 is 14.4 Å². The number of benzene rings is 1. The Morgan fingerprint density at radius 3 is 2.88 bits per heavy atom. The Morgan fingerprint density at radius 2 is 2.12 bits per heavy atom. The van der Waals surface area contributed by atoms with Crippen LogP contribution in [0.2, 0.25) is 0 Å². The molecule has 2 fully saturated rings. The average Bonchev–Trinajstić information content (AvgIpc) is 3.22. The highest BCUT2D eigenvalue weighted by molar-refractivity contribution is 7.20. The van der Waals surface area contributed by atoms with E-state index in [0.29, 0.717) is 0 Å². The number of amides is 1. The van der Waals surface area contributed by atoms with Crippen molar-refractivity contribution >= 4 is 27.3 Å². The summed E-state index contributed by atoms with van der Waals surface area (Å²) in [6, 6.07) is 10.3. The topological polar surface area (TPSA) is 38.8 Å². The number of ether oxygens (including phenoxy) is 2. The van der Waals surface area contributed by atoms with Gasteiger partial charge in [-0.25, -0.2) is 0 Å². The minimum absolute atomic E-state index is 0.110. The number of fused-ring (bicyclic) bond motifs is 2. The molecule has 4 nitrogen and oxygen atoms in total. The Hall–Kier alpha value is -1.43. The van der Waals surface area contributed by atoms with Crippen molar-refractivity contribution in [2.24, 2.45) is 0 Å². The van der Waals surface area contributed by atoms with Crippen molar-refractivity contribution in [2.75, 3.05) is 20.8 Å². The van der Waals surface area contributed by atoms with Gasteiger partial charge in [-0.15, -0.1) is 11.3 Å². The summed E-state index contributed by atoms with van der Waals surface area (Å²) >= 11 is 1.58. The third-order valence-corrected chi connectivity index (χ3v) is 6.88. The average molecular weight is 345 g/mol. The highest BCUT2D eigenvalue weighted by Gasteiger charge is 2.52. The van der Waals surface area contributed by atoms with E-state index in [1.54, 1.807) is 25.6 Å². The number of thiophene rings is 1. The second-order valence-corrected chi connectivity index (χ2v) is 7.90. The molecule has 3 atom stereocenters. The van der Waals surface area contributed by atoms with Crippen molar-refractivity contribution in [1.82, 2.24) is 4.90 Å². The lowest BCUT2D eigenvalue weighted by atomic mass is 9.79. The Labute approximate surface area is 146 Å². The van der Waals surface area contributed by atoms with Crippen LogP contribution in [0.3, 0.4) is 0 Å². The van der Waals surface area contributed by atoms with Crippen LogP contribution in [0.1, 0.15) is 35.4 Å². The fourth-order valence-corrected chi connectivity index (χ4v) is 5.37. The number of likely N-dealkylation sites (tertiary alicyclic amines) is 1. The van der Waals surface area contributed by atoms with Crippen LogP contribution in [-0.4, -0.2) is 49.3 Å². The van der Waals surface area contributed by atoms with Gasteiger partial charge in [0, 0.05) is 25.5 Å². The number of nitrogens with zero attached hydrogens (tertiary/aromatic N) is 1. The number of carbonyl (C=O) groups is 1. The van der Waals surface area contributed by atoms with Crippen LogP contribution in [0.25, 0.3) is 10.1 Å². The molecule has 0 spiro atoms. The minimum Gasteiger partial charge on any atom is -0.381 e. The maximum absolute atomic E-state index is 13.2. The smallest absolute Gasteiger partial charge is 0.264 e. The summed E-state index contributed by atoms with van der Waals surface area (Å²) in [6.07, 6.45) is 3.96. The fraction of sp³-hybridized carbons (Fsp3) is 0.526. The Kier molecular flexibility index (Phi) is 4.11. The third-order valence-electron chi connectivity index (χ3n) is 5.77. The zero-order chi connectivity index (χ0) is 16.7. The molecule has 1 aliphatic carbocycles. The number of rotatable bonds is 3. The maximum atomic E-state index is 13.2. The predicted octanol–water partition coefficient (Wildman–Crippen LogP) is 3.70. The molecule has 1 saturated carbocycles. The molecule has 0 unspecified atom stereocenters. The van der Waals surface area contributed by atoms with Crippen molar-refractivity contribution in [3.05, 3.63) is 35.2 Å². The first kappa shape index (κ1) is 16.1. The van der Waals surface area contributed by atoms with E-state index in [0.717, 1.165) is 47.2 Å². The van der Waals surface area contributed by atoms with Gasteiger partial charge in [0.25, 0.3) is 5.91 Å². The van der Waals surface area contributed by atoms with E-state index < -0.39 is 0 Å². The maximum Gasteiger partial charge on any atom is 0.264 e. The summed E-state index contributed by atoms with van der Waals surface area (Å²) in [5.74, 6) is 0.136. The monoisotopic (exact) mass is 345 g/mol. The molecule has 2 aliphatic rings. The van der Waals surface area contributed by atoms with E-state index in [-0.39, 0.29) is 23.7 Å². The molecular weight excluding hydrogens is 322 g/mol. The van der Waals surface area contributed by atoms with Crippen molar-refractivity contribution in [3.8, 4) is 0 Å². The second kappa shape index (κ2) is 6.14. The van der Waals surface area contributed by atoms with E-state index in [4.69, 9.17) is 9.47 Å². The Balaban J connectivity index is 1.64. The molecule has 1 amide bonds. The van der Waals surface area contributed by atoms with E-state index >= 15 is 0 Å². The first-order chi connectivity index (χ1) is 11.7. The summed E-state index contributed by atoms with van der Waals surface area (Å²) in [5.41, 5.74) is -0.193. The summed E-state index contributed by atoms with van der Waals surface area (Å²) in [4.78, 5) is 16.0. The van der Waals surface area contributed by atoms with Crippen molar-refractivity contribution < 1.29 is 14.3 Å². The molecule has 0 N–H and O–H groups in total. The summed E-state index contributed by atoms with van der Waals surface area (Å²) < 4.78 is 12.7. The molecule has 2 heterocycles. The zero-order valence-corrected chi connectivity index (χ0v) is 15.0. The molecule has 0 radical (unpaired) electrons. The molecule has 1 aromatic heterocycles. The van der Waals surface area contributed by atoms with Crippen LogP contribution in [0.4, 0.5) is 0 Å². The molecule has 128 valence electrons. The minimum atomic E-state index is -0.193. The van der Waals surface area contributed by atoms with Crippen molar-refractivity contribution in [1.29, 1.82) is 0 Å². The first-order valence-electron chi connectivity index (χ1n) is 8.54. The number of hydrogen-bond donors (Lipinski definition) is 0. The lowest BCUT2D eigenvalue weighted by Gasteiger charge is -2.43. The molecule has 1 aliphatic heterocycles. The van der Waals surface area contributed by atoms with E-state index in [2.05, 4.69) is 12.1 Å². The fourth-order valence-electron chi connectivity index (χ4n) is 4.35. The van der Waals surface area contributed by atoms with Gasteiger partial charge in [-0.3, -0.25) is 4.79 Å². The summed E-state index contributed by atoms with van der Waals surface area (Å²) in [7, 11) is 3.55. The van der Waals surface area contributed by atoms with E-state index in [9.17, 15) is 4.79 Å². The summed E-state index contributed by atoms with van der Waals surface area (Å²) in [5, 5.41) is 1.14. The third kappa shape index (κ3) is 2.46. The molecule has 1 saturated heterocycles. The standard InChI is InChI=1S/C19H23NO3S/c1-22-14-7-8-19(23-2)9-10-20(17(19)12-14)18(21)16-11-13-5-3-4-6-15(13)24-16/h3-6,11,14,17H,7-10,12H2,1-2H3/t14-,17+,19-/m1/s1. The van der Waals surface area contributed by atoms with Crippen LogP contribution < -0.4 is 0 Å². The van der Waals surface area contributed by atoms with E-state index in [1.807, 2.05) is 23.1 Å². The van der Waals surface area contributed by atoms with Gasteiger partial charge in [-0.05, 0) is 43.2 Å². The van der Waals surface area contributed by atoms with Gasteiger partial charge in [-0.1, -0.05) is 18.2 Å². The van der Waals surface area contributed by atoms with Crippen LogP contribution in [0, 0.1) is 0 Å². The molecule has 4 rings (SSSR count). The molecular formula is C19H23NO3S. The van der Waals surface area contributed by atoms with Crippen LogP contribution >= 0.6 is 11.3 Å². The first-order valence-corrected chi connectivity index (χ1v) is 9.36.